The Hall–Kier alpha value is -0.990. The van der Waals surface area contributed by atoms with E-state index in [1.54, 1.807) is 0 Å². The van der Waals surface area contributed by atoms with Gasteiger partial charge in [0.05, 0.1) is 12.0 Å². The van der Waals surface area contributed by atoms with Crippen LogP contribution >= 0.6 is 0 Å². The minimum absolute atomic E-state index is 0.173. The summed E-state index contributed by atoms with van der Waals surface area (Å²) in [4.78, 5) is 0. The van der Waals surface area contributed by atoms with Crippen molar-refractivity contribution in [3.8, 4) is 18.4 Å². The molecule has 2 heteroatoms. The molecule has 1 fully saturated rings. The van der Waals surface area contributed by atoms with Crippen LogP contribution in [-0.4, -0.2) is 13.1 Å². The van der Waals surface area contributed by atoms with E-state index >= 15 is 0 Å². The third-order valence-corrected chi connectivity index (χ3v) is 2.15. The molecule has 0 spiro atoms. The predicted octanol–water partition coefficient (Wildman–Crippen LogP) is 0.759. The molecule has 1 heterocycles. The largest absolute Gasteiger partial charge is 0.316 e. The molecule has 1 unspecified atom stereocenters. The molecule has 0 bridgehead atoms. The van der Waals surface area contributed by atoms with Gasteiger partial charge in [-0.15, -0.1) is 12.3 Å². The van der Waals surface area contributed by atoms with Crippen molar-refractivity contribution in [3.63, 3.8) is 0 Å². The lowest BCUT2D eigenvalue weighted by Crippen LogP contribution is -2.45. The average molecular weight is 148 g/mol. The standard InChI is InChI=1S/C9H12N2/c1-2-3-4-8(5-10)9-6-11-7-9/h1,8-9,11H,3-4,6-7H2. The molecule has 1 aliphatic rings. The molecule has 2 nitrogen and oxygen atoms in total. The molecule has 1 saturated heterocycles. The van der Waals surface area contributed by atoms with Gasteiger partial charge < -0.3 is 5.32 Å². The van der Waals surface area contributed by atoms with Gasteiger partial charge in [0.2, 0.25) is 0 Å². The number of hydrogen-bond donors (Lipinski definition) is 1. The second-order valence-electron chi connectivity index (χ2n) is 2.90. The maximum atomic E-state index is 8.74. The Kier molecular flexibility index (Phi) is 2.95. The zero-order valence-corrected chi connectivity index (χ0v) is 6.51. The molecule has 0 aliphatic carbocycles. The lowest BCUT2D eigenvalue weighted by atomic mass is 9.85. The third-order valence-electron chi connectivity index (χ3n) is 2.15. The molecule has 58 valence electrons. The van der Waals surface area contributed by atoms with Gasteiger partial charge in [0.1, 0.15) is 0 Å². The molecular weight excluding hydrogens is 136 g/mol. The summed E-state index contributed by atoms with van der Waals surface area (Å²) in [6.45, 7) is 1.98. The normalized spacial score (nSPS) is 19.5. The quantitative estimate of drug-likeness (QED) is 0.600. The number of hydrogen-bond acceptors (Lipinski definition) is 2. The van der Waals surface area contributed by atoms with Gasteiger partial charge in [0, 0.05) is 19.5 Å². The van der Waals surface area contributed by atoms with E-state index in [1.807, 2.05) is 0 Å². The Bertz CT molecular complexity index is 193. The van der Waals surface area contributed by atoms with E-state index in [9.17, 15) is 0 Å². The molecule has 1 atom stereocenters. The minimum Gasteiger partial charge on any atom is -0.316 e. The van der Waals surface area contributed by atoms with Crippen LogP contribution in [0.5, 0.6) is 0 Å². The van der Waals surface area contributed by atoms with Crippen molar-refractivity contribution in [2.24, 2.45) is 11.8 Å². The zero-order valence-electron chi connectivity index (χ0n) is 6.51. The Labute approximate surface area is 67.6 Å². The molecule has 0 radical (unpaired) electrons. The van der Waals surface area contributed by atoms with Crippen LogP contribution in [0.2, 0.25) is 0 Å². The van der Waals surface area contributed by atoms with Crippen LogP contribution < -0.4 is 5.32 Å². The highest BCUT2D eigenvalue weighted by molar-refractivity contribution is 4.96. The minimum atomic E-state index is 0.173. The van der Waals surface area contributed by atoms with E-state index in [4.69, 9.17) is 11.7 Å². The topological polar surface area (TPSA) is 35.8 Å². The third kappa shape index (κ3) is 1.97. The molecule has 11 heavy (non-hydrogen) atoms. The van der Waals surface area contributed by atoms with E-state index in [1.165, 1.54) is 0 Å². The Morgan fingerprint density at radius 3 is 2.73 bits per heavy atom. The predicted molar refractivity (Wildman–Crippen MR) is 43.5 cm³/mol. The molecular formula is C9H12N2. The fourth-order valence-electron chi connectivity index (χ4n) is 1.24. The highest BCUT2D eigenvalue weighted by atomic mass is 14.9. The molecule has 0 aromatic rings. The molecule has 0 saturated carbocycles. The van der Waals surface area contributed by atoms with Crippen LogP contribution in [0.15, 0.2) is 0 Å². The Morgan fingerprint density at radius 2 is 2.36 bits per heavy atom. The maximum Gasteiger partial charge on any atom is 0.0660 e. The Morgan fingerprint density at radius 1 is 1.64 bits per heavy atom. The number of nitrogens with zero attached hydrogens (tertiary/aromatic N) is 1. The van der Waals surface area contributed by atoms with Gasteiger partial charge in [0.25, 0.3) is 0 Å². The van der Waals surface area contributed by atoms with E-state index in [0.29, 0.717) is 5.92 Å². The van der Waals surface area contributed by atoms with Crippen LogP contribution in [0.1, 0.15) is 12.8 Å². The highest BCUT2D eigenvalue weighted by Crippen LogP contribution is 2.19. The molecule has 0 aromatic carbocycles. The molecule has 1 N–H and O–H groups in total. The van der Waals surface area contributed by atoms with Crippen LogP contribution in [0.4, 0.5) is 0 Å². The summed E-state index contributed by atoms with van der Waals surface area (Å²) < 4.78 is 0. The van der Waals surface area contributed by atoms with Crippen LogP contribution in [0.25, 0.3) is 0 Å². The van der Waals surface area contributed by atoms with Crippen molar-refractivity contribution in [1.82, 2.24) is 5.32 Å². The van der Waals surface area contributed by atoms with Gasteiger partial charge in [-0.25, -0.2) is 0 Å². The fourth-order valence-corrected chi connectivity index (χ4v) is 1.24. The first-order chi connectivity index (χ1) is 5.38. The summed E-state index contributed by atoms with van der Waals surface area (Å²) in [6, 6.07) is 2.30. The lowest BCUT2D eigenvalue weighted by molar-refractivity contribution is 0.268. The van der Waals surface area contributed by atoms with Crippen molar-refractivity contribution in [2.45, 2.75) is 12.8 Å². The van der Waals surface area contributed by atoms with Gasteiger partial charge in [-0.05, 0) is 12.3 Å². The summed E-state index contributed by atoms with van der Waals surface area (Å²) in [6.07, 6.45) is 6.71. The van der Waals surface area contributed by atoms with Gasteiger partial charge >= 0.3 is 0 Å². The van der Waals surface area contributed by atoms with Crippen LogP contribution in [0, 0.1) is 35.5 Å². The summed E-state index contributed by atoms with van der Waals surface area (Å²) in [5.41, 5.74) is 0. The van der Waals surface area contributed by atoms with Crippen molar-refractivity contribution >= 4 is 0 Å². The van der Waals surface area contributed by atoms with Crippen molar-refractivity contribution in [1.29, 1.82) is 5.26 Å². The van der Waals surface area contributed by atoms with Crippen molar-refractivity contribution in [3.05, 3.63) is 0 Å². The molecule has 0 amide bonds. The monoisotopic (exact) mass is 148 g/mol. The first-order valence-electron chi connectivity index (χ1n) is 3.92. The van der Waals surface area contributed by atoms with E-state index < -0.39 is 0 Å². The Balaban J connectivity index is 2.26. The second kappa shape index (κ2) is 4.01. The van der Waals surface area contributed by atoms with E-state index in [2.05, 4.69) is 17.3 Å². The first-order valence-corrected chi connectivity index (χ1v) is 3.92. The van der Waals surface area contributed by atoms with Gasteiger partial charge in [-0.2, -0.15) is 5.26 Å². The molecule has 0 aromatic heterocycles. The summed E-state index contributed by atoms with van der Waals surface area (Å²) in [7, 11) is 0. The van der Waals surface area contributed by atoms with Crippen LogP contribution in [0.3, 0.4) is 0 Å². The SMILES string of the molecule is C#CCCC(C#N)C1CNC1. The lowest BCUT2D eigenvalue weighted by Gasteiger charge is -2.30. The number of nitrogens with one attached hydrogen (secondary N) is 1. The van der Waals surface area contributed by atoms with Crippen molar-refractivity contribution < 1.29 is 0 Å². The molecule has 1 aliphatic heterocycles. The maximum absolute atomic E-state index is 8.74. The first kappa shape index (κ1) is 8.11. The second-order valence-corrected chi connectivity index (χ2v) is 2.90. The summed E-state index contributed by atoms with van der Waals surface area (Å²) in [5, 5.41) is 11.9. The summed E-state index contributed by atoms with van der Waals surface area (Å²) in [5.74, 6) is 3.29. The van der Waals surface area contributed by atoms with Gasteiger partial charge in [-0.1, -0.05) is 0 Å². The fraction of sp³-hybridized carbons (Fsp3) is 0.667. The number of rotatable bonds is 3. The number of terminal acetylenes is 1. The summed E-state index contributed by atoms with van der Waals surface area (Å²) >= 11 is 0. The van der Waals surface area contributed by atoms with Crippen molar-refractivity contribution in [2.75, 3.05) is 13.1 Å². The smallest absolute Gasteiger partial charge is 0.0660 e. The number of nitriles is 1. The van der Waals surface area contributed by atoms with Gasteiger partial charge in [-0.3, -0.25) is 0 Å². The molecule has 1 rings (SSSR count). The average Bonchev–Trinajstić information content (AvgIpc) is 1.93. The highest BCUT2D eigenvalue weighted by Gasteiger charge is 2.25. The van der Waals surface area contributed by atoms with E-state index in [-0.39, 0.29) is 5.92 Å². The van der Waals surface area contributed by atoms with Gasteiger partial charge in [0.15, 0.2) is 0 Å². The van der Waals surface area contributed by atoms with Crippen LogP contribution in [-0.2, 0) is 0 Å². The van der Waals surface area contributed by atoms with E-state index in [0.717, 1.165) is 25.9 Å². The zero-order chi connectivity index (χ0) is 8.10.